The average Bonchev–Trinajstić information content (AvgIpc) is 2.99. The normalized spacial score (nSPS) is 11.0. The van der Waals surface area contributed by atoms with E-state index in [0.29, 0.717) is 15.6 Å². The fraction of sp³-hybridized carbons (Fsp3) is 0.231. The minimum absolute atomic E-state index is 0.105. The van der Waals surface area contributed by atoms with Crippen LogP contribution in [0.3, 0.4) is 0 Å². The number of anilines is 2. The summed E-state index contributed by atoms with van der Waals surface area (Å²) in [4.78, 5) is 23.2. The number of nitrogens with zero attached hydrogens (tertiary/aromatic N) is 2. The first-order valence-electron chi connectivity index (χ1n) is 6.69. The summed E-state index contributed by atoms with van der Waals surface area (Å²) in [7, 11) is -2.08. The second-order valence-electron chi connectivity index (χ2n) is 4.64. The van der Waals surface area contributed by atoms with Crippen LogP contribution in [0.1, 0.15) is 10.4 Å². The lowest BCUT2D eigenvalue weighted by Crippen LogP contribution is -2.12. The Morgan fingerprint density at radius 3 is 2.52 bits per heavy atom. The molecule has 134 valence electrons. The van der Waals surface area contributed by atoms with E-state index in [2.05, 4.69) is 25.0 Å². The Hall–Kier alpha value is -2.18. The molecule has 0 radical (unpaired) electrons. The van der Waals surface area contributed by atoms with Crippen molar-refractivity contribution in [2.45, 2.75) is 4.34 Å². The molecule has 2 rings (SSSR count). The molecule has 0 saturated carbocycles. The van der Waals surface area contributed by atoms with Gasteiger partial charge in [-0.05, 0) is 24.3 Å². The van der Waals surface area contributed by atoms with Crippen LogP contribution in [0.15, 0.2) is 28.6 Å². The molecule has 0 saturated heterocycles. The quantitative estimate of drug-likeness (QED) is 0.404. The van der Waals surface area contributed by atoms with Crippen molar-refractivity contribution >= 4 is 55.8 Å². The third kappa shape index (κ3) is 6.32. The zero-order chi connectivity index (χ0) is 18.4. The van der Waals surface area contributed by atoms with Crippen LogP contribution in [0.25, 0.3) is 0 Å². The van der Waals surface area contributed by atoms with Gasteiger partial charge >= 0.3 is 5.97 Å². The molecular formula is C13H14N4O5S3. The average molecular weight is 402 g/mol. The second kappa shape index (κ2) is 8.27. The zero-order valence-corrected chi connectivity index (χ0v) is 15.6. The second-order valence-corrected chi connectivity index (χ2v) is 8.59. The number of hydrogen-bond acceptors (Lipinski definition) is 9. The van der Waals surface area contributed by atoms with E-state index in [1.165, 1.54) is 31.4 Å². The van der Waals surface area contributed by atoms with Crippen molar-refractivity contribution in [2.75, 3.05) is 29.2 Å². The SMILES string of the molecule is COC(=O)CSc1nnc(NC(=O)c2ccc(NS(C)(=O)=O)cc2)s1. The number of carbonyl (C=O) groups is 2. The number of sulfonamides is 1. The van der Waals surface area contributed by atoms with E-state index in [-0.39, 0.29) is 16.9 Å². The number of aromatic nitrogens is 2. The summed E-state index contributed by atoms with van der Waals surface area (Å²) in [6.45, 7) is 0. The van der Waals surface area contributed by atoms with Gasteiger partial charge in [-0.1, -0.05) is 23.1 Å². The van der Waals surface area contributed by atoms with Crippen LogP contribution >= 0.6 is 23.1 Å². The highest BCUT2D eigenvalue weighted by Gasteiger charge is 2.12. The van der Waals surface area contributed by atoms with Crippen molar-refractivity contribution in [3.63, 3.8) is 0 Å². The van der Waals surface area contributed by atoms with Crippen molar-refractivity contribution in [2.24, 2.45) is 0 Å². The molecule has 1 heterocycles. The first kappa shape index (κ1) is 19.1. The lowest BCUT2D eigenvalue weighted by molar-refractivity contribution is -0.137. The molecular weight excluding hydrogens is 388 g/mol. The Morgan fingerprint density at radius 1 is 1.24 bits per heavy atom. The Labute approximate surface area is 152 Å². The van der Waals surface area contributed by atoms with Gasteiger partial charge in [0, 0.05) is 11.3 Å². The standard InChI is InChI=1S/C13H14N4O5S3/c1-22-10(18)7-23-13-16-15-12(24-13)14-11(19)8-3-5-9(6-4-8)17-25(2,20)21/h3-6,17H,7H2,1-2H3,(H,14,15,19). The van der Waals surface area contributed by atoms with Crippen molar-refractivity contribution in [1.29, 1.82) is 0 Å². The van der Waals surface area contributed by atoms with E-state index >= 15 is 0 Å². The highest BCUT2D eigenvalue weighted by atomic mass is 32.2. The lowest BCUT2D eigenvalue weighted by atomic mass is 10.2. The van der Waals surface area contributed by atoms with Gasteiger partial charge in [-0.2, -0.15) is 0 Å². The molecule has 1 amide bonds. The van der Waals surface area contributed by atoms with Gasteiger partial charge in [0.05, 0.1) is 19.1 Å². The van der Waals surface area contributed by atoms with Crippen molar-refractivity contribution in [3.8, 4) is 0 Å². The summed E-state index contributed by atoms with van der Waals surface area (Å²) < 4.78 is 29.6. The number of methoxy groups -OCH3 is 1. The molecule has 0 aliphatic heterocycles. The van der Waals surface area contributed by atoms with E-state index in [9.17, 15) is 18.0 Å². The summed E-state index contributed by atoms with van der Waals surface area (Å²) in [6, 6.07) is 5.93. The minimum atomic E-state index is -3.37. The van der Waals surface area contributed by atoms with Crippen LogP contribution in [0.4, 0.5) is 10.8 Å². The maximum Gasteiger partial charge on any atom is 0.316 e. The van der Waals surface area contributed by atoms with Gasteiger partial charge in [-0.25, -0.2) is 8.42 Å². The summed E-state index contributed by atoms with van der Waals surface area (Å²) in [5.74, 6) is -0.686. The van der Waals surface area contributed by atoms with Crippen LogP contribution in [-0.4, -0.2) is 49.6 Å². The van der Waals surface area contributed by atoms with Crippen LogP contribution in [-0.2, 0) is 19.6 Å². The van der Waals surface area contributed by atoms with Crippen molar-refractivity contribution in [3.05, 3.63) is 29.8 Å². The molecule has 25 heavy (non-hydrogen) atoms. The van der Waals surface area contributed by atoms with Gasteiger partial charge in [0.15, 0.2) is 4.34 Å². The molecule has 0 bridgehead atoms. The Morgan fingerprint density at radius 2 is 1.92 bits per heavy atom. The van der Waals surface area contributed by atoms with E-state index in [0.717, 1.165) is 29.4 Å². The largest absolute Gasteiger partial charge is 0.468 e. The Kier molecular flexibility index (Phi) is 6.33. The molecule has 2 N–H and O–H groups in total. The van der Waals surface area contributed by atoms with E-state index in [4.69, 9.17) is 0 Å². The summed E-state index contributed by atoms with van der Waals surface area (Å²) in [5, 5.41) is 10.6. The van der Waals surface area contributed by atoms with Crippen LogP contribution in [0.2, 0.25) is 0 Å². The first-order valence-corrected chi connectivity index (χ1v) is 10.4. The molecule has 0 spiro atoms. The number of rotatable bonds is 7. The highest BCUT2D eigenvalue weighted by Crippen LogP contribution is 2.25. The first-order chi connectivity index (χ1) is 11.8. The number of benzene rings is 1. The molecule has 12 heteroatoms. The van der Waals surface area contributed by atoms with Crippen molar-refractivity contribution in [1.82, 2.24) is 10.2 Å². The predicted molar refractivity (Wildman–Crippen MR) is 95.5 cm³/mol. The monoisotopic (exact) mass is 402 g/mol. The van der Waals surface area contributed by atoms with E-state index in [1.54, 1.807) is 0 Å². The molecule has 0 unspecified atom stereocenters. The molecule has 1 aromatic heterocycles. The number of hydrogen-bond donors (Lipinski definition) is 2. The minimum Gasteiger partial charge on any atom is -0.468 e. The maximum absolute atomic E-state index is 12.1. The summed E-state index contributed by atoms with van der Waals surface area (Å²) >= 11 is 2.29. The molecule has 0 aliphatic rings. The molecule has 0 atom stereocenters. The van der Waals surface area contributed by atoms with E-state index < -0.39 is 15.9 Å². The smallest absolute Gasteiger partial charge is 0.316 e. The topological polar surface area (TPSA) is 127 Å². The predicted octanol–water partition coefficient (Wildman–Crippen LogP) is 1.43. The van der Waals surface area contributed by atoms with Crippen LogP contribution in [0.5, 0.6) is 0 Å². The van der Waals surface area contributed by atoms with Gasteiger partial charge in [-0.3, -0.25) is 19.6 Å². The number of amides is 1. The number of thioether (sulfide) groups is 1. The van der Waals surface area contributed by atoms with Crippen LogP contribution < -0.4 is 10.0 Å². The third-order valence-electron chi connectivity index (χ3n) is 2.62. The number of nitrogens with one attached hydrogen (secondary N) is 2. The van der Waals surface area contributed by atoms with Crippen molar-refractivity contribution < 1.29 is 22.7 Å². The number of ether oxygens (including phenoxy) is 1. The van der Waals surface area contributed by atoms with E-state index in [1.807, 2.05) is 0 Å². The van der Waals surface area contributed by atoms with Gasteiger partial charge in [-0.15, -0.1) is 10.2 Å². The molecule has 2 aromatic rings. The Bertz CT molecular complexity index is 864. The van der Waals surface area contributed by atoms with Crippen LogP contribution in [0, 0.1) is 0 Å². The van der Waals surface area contributed by atoms with Gasteiger partial charge in [0.1, 0.15) is 0 Å². The van der Waals surface area contributed by atoms with Gasteiger partial charge in [0.2, 0.25) is 15.2 Å². The lowest BCUT2D eigenvalue weighted by Gasteiger charge is -2.05. The number of carbonyl (C=O) groups excluding carboxylic acids is 2. The van der Waals surface area contributed by atoms with Gasteiger partial charge < -0.3 is 4.74 Å². The molecule has 9 nitrogen and oxygen atoms in total. The molecule has 1 aromatic carbocycles. The third-order valence-corrected chi connectivity index (χ3v) is 5.17. The summed E-state index contributed by atoms with van der Waals surface area (Å²) in [5.41, 5.74) is 0.689. The fourth-order valence-electron chi connectivity index (χ4n) is 1.57. The zero-order valence-electron chi connectivity index (χ0n) is 13.2. The van der Waals surface area contributed by atoms with Gasteiger partial charge in [0.25, 0.3) is 5.91 Å². The number of esters is 1. The molecule has 0 fully saturated rings. The fourth-order valence-corrected chi connectivity index (χ4v) is 3.71. The maximum atomic E-state index is 12.1. The molecule has 0 aliphatic carbocycles. The summed E-state index contributed by atoms with van der Waals surface area (Å²) in [6.07, 6.45) is 1.04. The Balaban J connectivity index is 1.95. The highest BCUT2D eigenvalue weighted by molar-refractivity contribution is 8.01.